The maximum absolute atomic E-state index is 5.98. The highest BCUT2D eigenvalue weighted by Gasteiger charge is 2.42. The van der Waals surface area contributed by atoms with Crippen molar-refractivity contribution in [3.8, 4) is 0 Å². The minimum Gasteiger partial charge on any atom is -0.375 e. The van der Waals surface area contributed by atoms with Gasteiger partial charge in [-0.3, -0.25) is 4.90 Å². The van der Waals surface area contributed by atoms with E-state index in [4.69, 9.17) is 4.74 Å². The van der Waals surface area contributed by atoms with Crippen molar-refractivity contribution in [2.24, 2.45) is 11.3 Å². The van der Waals surface area contributed by atoms with Gasteiger partial charge >= 0.3 is 0 Å². The van der Waals surface area contributed by atoms with Crippen LogP contribution in [0.2, 0.25) is 0 Å². The molecular weight excluding hydrogens is 248 g/mol. The van der Waals surface area contributed by atoms with E-state index in [0.29, 0.717) is 11.5 Å². The largest absolute Gasteiger partial charge is 0.375 e. The van der Waals surface area contributed by atoms with Crippen LogP contribution in [0.5, 0.6) is 0 Å². The van der Waals surface area contributed by atoms with E-state index < -0.39 is 0 Å². The number of fused-ring (bicyclic) bond motifs is 1. The Hall–Kier alpha value is -0.120. The van der Waals surface area contributed by atoms with Crippen molar-refractivity contribution < 1.29 is 4.74 Å². The highest BCUT2D eigenvalue weighted by Crippen LogP contribution is 2.41. The third-order valence-electron chi connectivity index (χ3n) is 5.87. The number of rotatable bonds is 4. The summed E-state index contributed by atoms with van der Waals surface area (Å²) in [5.74, 6) is 0.900. The van der Waals surface area contributed by atoms with Crippen LogP contribution >= 0.6 is 0 Å². The van der Waals surface area contributed by atoms with Gasteiger partial charge in [0.15, 0.2) is 0 Å². The second kappa shape index (κ2) is 6.33. The highest BCUT2D eigenvalue weighted by atomic mass is 16.5. The van der Waals surface area contributed by atoms with E-state index in [0.717, 1.165) is 25.1 Å². The fourth-order valence-corrected chi connectivity index (χ4v) is 5.14. The molecule has 4 atom stereocenters. The number of nitrogens with one attached hydrogen (secondary N) is 1. The summed E-state index contributed by atoms with van der Waals surface area (Å²) >= 11 is 0. The van der Waals surface area contributed by atoms with Gasteiger partial charge < -0.3 is 10.1 Å². The molecule has 3 heteroatoms. The molecular formula is C17H32N2O. The third kappa shape index (κ3) is 3.05. The predicted molar refractivity (Wildman–Crippen MR) is 82.9 cm³/mol. The third-order valence-corrected chi connectivity index (χ3v) is 5.87. The molecule has 0 aromatic heterocycles. The van der Waals surface area contributed by atoms with E-state index in [2.05, 4.69) is 24.2 Å². The van der Waals surface area contributed by atoms with Gasteiger partial charge in [0.25, 0.3) is 0 Å². The molecule has 116 valence electrons. The second-order valence-electron chi connectivity index (χ2n) is 7.61. The van der Waals surface area contributed by atoms with Gasteiger partial charge in [-0.05, 0) is 50.5 Å². The summed E-state index contributed by atoms with van der Waals surface area (Å²) in [6.07, 6.45) is 10.2. The molecule has 0 bridgehead atoms. The first-order valence-corrected chi connectivity index (χ1v) is 8.73. The minimum absolute atomic E-state index is 0.511. The smallest absolute Gasteiger partial charge is 0.0730 e. The van der Waals surface area contributed by atoms with Gasteiger partial charge in [-0.15, -0.1) is 0 Å². The summed E-state index contributed by atoms with van der Waals surface area (Å²) in [4.78, 5) is 2.79. The molecule has 2 saturated carbocycles. The normalized spacial score (nSPS) is 42.6. The van der Waals surface area contributed by atoms with Crippen molar-refractivity contribution in [2.45, 2.75) is 64.0 Å². The zero-order chi connectivity index (χ0) is 14.0. The van der Waals surface area contributed by atoms with Crippen LogP contribution in [0.4, 0.5) is 0 Å². The summed E-state index contributed by atoms with van der Waals surface area (Å²) < 4.78 is 5.98. The molecule has 0 aromatic carbocycles. The quantitative estimate of drug-likeness (QED) is 0.857. The lowest BCUT2D eigenvalue weighted by Crippen LogP contribution is -2.54. The Morgan fingerprint density at radius 3 is 2.95 bits per heavy atom. The van der Waals surface area contributed by atoms with E-state index in [1.54, 1.807) is 0 Å². The molecule has 20 heavy (non-hydrogen) atoms. The van der Waals surface area contributed by atoms with Crippen LogP contribution in [0.3, 0.4) is 0 Å². The maximum atomic E-state index is 5.98. The summed E-state index contributed by atoms with van der Waals surface area (Å²) in [6.45, 7) is 7.03. The van der Waals surface area contributed by atoms with Crippen molar-refractivity contribution >= 4 is 0 Å². The molecule has 1 saturated heterocycles. The van der Waals surface area contributed by atoms with Gasteiger partial charge in [-0.2, -0.15) is 0 Å². The minimum atomic E-state index is 0.511. The van der Waals surface area contributed by atoms with Crippen molar-refractivity contribution in [1.82, 2.24) is 10.2 Å². The average Bonchev–Trinajstić information content (AvgIpc) is 2.88. The Morgan fingerprint density at radius 2 is 2.15 bits per heavy atom. The molecule has 3 nitrogen and oxygen atoms in total. The summed E-state index contributed by atoms with van der Waals surface area (Å²) in [7, 11) is 2.12. The molecule has 1 heterocycles. The van der Waals surface area contributed by atoms with Crippen molar-refractivity contribution in [1.29, 1.82) is 0 Å². The first-order valence-electron chi connectivity index (χ1n) is 8.73. The molecule has 0 amide bonds. The second-order valence-corrected chi connectivity index (χ2v) is 7.61. The number of ether oxygens (including phenoxy) is 1. The molecule has 2 aliphatic carbocycles. The van der Waals surface area contributed by atoms with E-state index in [-0.39, 0.29) is 0 Å². The van der Waals surface area contributed by atoms with E-state index >= 15 is 0 Å². The van der Waals surface area contributed by atoms with Crippen molar-refractivity contribution in [3.63, 3.8) is 0 Å². The summed E-state index contributed by atoms with van der Waals surface area (Å²) in [6, 6.07) is 0.717. The fraction of sp³-hybridized carbons (Fsp3) is 1.00. The van der Waals surface area contributed by atoms with Crippen molar-refractivity contribution in [2.75, 3.05) is 33.3 Å². The Labute approximate surface area is 124 Å². The number of hydrogen-bond donors (Lipinski definition) is 1. The van der Waals surface area contributed by atoms with Gasteiger partial charge in [0, 0.05) is 25.7 Å². The molecule has 0 radical (unpaired) electrons. The Balaban J connectivity index is 1.69. The van der Waals surface area contributed by atoms with Crippen LogP contribution < -0.4 is 5.32 Å². The van der Waals surface area contributed by atoms with Gasteiger partial charge in [0.05, 0.1) is 12.7 Å². The summed E-state index contributed by atoms with van der Waals surface area (Å²) in [5.41, 5.74) is 0.511. The summed E-state index contributed by atoms with van der Waals surface area (Å²) in [5, 5.41) is 3.49. The van der Waals surface area contributed by atoms with E-state index in [1.165, 1.54) is 58.0 Å². The Kier molecular flexibility index (Phi) is 4.68. The zero-order valence-corrected chi connectivity index (χ0v) is 13.4. The fourth-order valence-electron chi connectivity index (χ4n) is 5.14. The molecule has 0 aromatic rings. The molecule has 4 unspecified atom stereocenters. The molecule has 0 spiro atoms. The first-order chi connectivity index (χ1) is 9.72. The maximum Gasteiger partial charge on any atom is 0.0730 e. The standard InChI is InChI=1S/C17H32N2O/c1-14-5-4-8-17(11-14,12-18-2)13-19-9-10-20-16-7-3-6-15(16)19/h14-16,18H,3-13H2,1-2H3. The zero-order valence-electron chi connectivity index (χ0n) is 13.4. The van der Waals surface area contributed by atoms with Crippen LogP contribution in [-0.4, -0.2) is 50.3 Å². The van der Waals surface area contributed by atoms with Gasteiger partial charge in [0.1, 0.15) is 0 Å². The first kappa shape index (κ1) is 14.8. The van der Waals surface area contributed by atoms with Crippen LogP contribution in [0, 0.1) is 11.3 Å². The Morgan fingerprint density at radius 1 is 1.25 bits per heavy atom. The Bertz CT molecular complexity index is 318. The lowest BCUT2D eigenvalue weighted by atomic mass is 9.69. The van der Waals surface area contributed by atoms with Crippen LogP contribution in [0.15, 0.2) is 0 Å². The van der Waals surface area contributed by atoms with Crippen LogP contribution in [0.25, 0.3) is 0 Å². The SMILES string of the molecule is CNCC1(CN2CCOC3CCCC32)CCCC(C)C1. The lowest BCUT2D eigenvalue weighted by molar-refractivity contribution is -0.0739. The molecule has 1 N–H and O–H groups in total. The molecule has 3 rings (SSSR count). The van der Waals surface area contributed by atoms with Crippen LogP contribution in [-0.2, 0) is 4.74 Å². The predicted octanol–water partition coefficient (Wildman–Crippen LogP) is 2.66. The number of hydrogen-bond acceptors (Lipinski definition) is 3. The monoisotopic (exact) mass is 280 g/mol. The molecule has 1 aliphatic heterocycles. The van der Waals surface area contributed by atoms with Gasteiger partial charge in [-0.25, -0.2) is 0 Å². The van der Waals surface area contributed by atoms with E-state index in [9.17, 15) is 0 Å². The lowest BCUT2D eigenvalue weighted by Gasteiger charge is -2.47. The molecule has 3 aliphatic rings. The van der Waals surface area contributed by atoms with Crippen molar-refractivity contribution in [3.05, 3.63) is 0 Å². The highest BCUT2D eigenvalue weighted by molar-refractivity contribution is 4.95. The molecule has 3 fully saturated rings. The van der Waals surface area contributed by atoms with Gasteiger partial charge in [-0.1, -0.05) is 19.8 Å². The number of morpholine rings is 1. The average molecular weight is 280 g/mol. The van der Waals surface area contributed by atoms with E-state index in [1.807, 2.05) is 0 Å². The van der Waals surface area contributed by atoms with Crippen LogP contribution in [0.1, 0.15) is 51.9 Å². The number of nitrogens with zero attached hydrogens (tertiary/aromatic N) is 1. The topological polar surface area (TPSA) is 24.5 Å². The van der Waals surface area contributed by atoms with Gasteiger partial charge in [0.2, 0.25) is 0 Å².